The van der Waals surface area contributed by atoms with Crippen LogP contribution in [0.15, 0.2) is 121 Å². The standard InChI is InChI=1S/C82H97N5O10/c1-51(2)41-80(3,93)48-84-49-86-72-22-10-21-61(46-89)95-71-39-57(37-56(76(71)92)24-23-53-16-8-5-9-17-53)79-82(72,94-50-87-60-20-12-33-81(42-60)32-11-19-59(81)45-88)43-68-65-40-67-73(55-25-29-69-54(36-55)31-35-85-69)58(44-83-34-13-18-52-14-6-4-7-15-52)38-66-70(91)30-28-63(74(66)67)75(65)78-64(77(68)97-79)27-26-62(47-90)96-78/h4-9,14-17,25,28-31,35-39,45,51,59-62,67,72-73,79,83-87,89-93H,11-13,18-21,23-24,26-27,32-34,40-44,46-50H2,1-3H3. The number of aromatic nitrogens is 1. The molecule has 2 fully saturated rings. The Morgan fingerprint density at radius 3 is 2.39 bits per heavy atom. The summed E-state index contributed by atoms with van der Waals surface area (Å²) in [6.07, 6.45) is 15.7. The molecule has 0 saturated heterocycles. The number of aromatic amines is 1. The van der Waals surface area contributed by atoms with E-state index in [1.807, 2.05) is 49.5 Å². The molecule has 7 aromatic rings. The first-order valence-corrected chi connectivity index (χ1v) is 35.9. The van der Waals surface area contributed by atoms with E-state index in [1.165, 1.54) is 23.0 Å². The Balaban J connectivity index is 0.951. The molecule has 2 bridgehead atoms. The fourth-order valence-electron chi connectivity index (χ4n) is 18.1. The number of aliphatic hydroxyl groups excluding tert-OH is 2. The Kier molecular flexibility index (Phi) is 19.8. The second kappa shape index (κ2) is 28.8. The highest BCUT2D eigenvalue weighted by Gasteiger charge is 2.56. The first-order chi connectivity index (χ1) is 47.2. The SMILES string of the molecule is CC(C)CC(C)(O)CNCNC1C#CCC(CO)Oc2cc(cc(CCc3ccccc3)c2O)C2Oc3c(c4c(c5c3CCC(CO)O5)-c3ccc(O)c5c3C(C4)C(c3ccc4[nH]ccc4c3)C(CNCCCc3ccccc3)=C5)CC12OCNC1CCCC2(CCCC2C=O)C1. The Morgan fingerprint density at radius 1 is 0.814 bits per heavy atom. The predicted molar refractivity (Wildman–Crippen MR) is 379 cm³/mol. The van der Waals surface area contributed by atoms with Gasteiger partial charge in [0.15, 0.2) is 17.6 Å². The molecule has 1 aromatic heterocycles. The molecule has 4 heterocycles. The van der Waals surface area contributed by atoms with Gasteiger partial charge in [0, 0.05) is 84.4 Å². The summed E-state index contributed by atoms with van der Waals surface area (Å²) in [7, 11) is 0. The van der Waals surface area contributed by atoms with Crippen molar-refractivity contribution in [3.63, 3.8) is 0 Å². The van der Waals surface area contributed by atoms with Crippen molar-refractivity contribution in [2.24, 2.45) is 17.3 Å². The molecular weight excluding hydrogens is 1210 g/mol. The molecule has 6 aromatic carbocycles. The van der Waals surface area contributed by atoms with Crippen molar-refractivity contribution in [1.29, 1.82) is 0 Å². The first-order valence-electron chi connectivity index (χ1n) is 35.9. The number of phenolic OH excluding ortho intramolecular Hbond substituents is 2. The molecule has 97 heavy (non-hydrogen) atoms. The Labute approximate surface area is 571 Å². The summed E-state index contributed by atoms with van der Waals surface area (Å²) in [5.41, 5.74) is 11.3. The molecule has 10 N–H and O–H groups in total. The van der Waals surface area contributed by atoms with Gasteiger partial charge in [-0.3, -0.25) is 10.6 Å². The van der Waals surface area contributed by atoms with E-state index in [0.717, 1.165) is 120 Å². The molecule has 15 nitrogen and oxygen atoms in total. The second-order valence-corrected chi connectivity index (χ2v) is 29.7. The zero-order valence-electron chi connectivity index (χ0n) is 56.6. The van der Waals surface area contributed by atoms with Crippen LogP contribution in [0.3, 0.4) is 0 Å². The van der Waals surface area contributed by atoms with Crippen molar-refractivity contribution in [3.05, 3.63) is 177 Å². The number of hydrogen-bond acceptors (Lipinski definition) is 14. The van der Waals surface area contributed by atoms with E-state index in [4.69, 9.17) is 18.9 Å². The first kappa shape index (κ1) is 66.7. The van der Waals surface area contributed by atoms with Crippen LogP contribution in [0.4, 0.5) is 0 Å². The molecule has 1 spiro atoms. The van der Waals surface area contributed by atoms with Gasteiger partial charge in [0.25, 0.3) is 0 Å². The maximum Gasteiger partial charge on any atom is 0.162 e. The lowest BCUT2D eigenvalue weighted by atomic mass is 9.62. The fourth-order valence-corrected chi connectivity index (χ4v) is 18.1. The van der Waals surface area contributed by atoms with Crippen LogP contribution in [0.1, 0.15) is 165 Å². The van der Waals surface area contributed by atoms with Crippen molar-refractivity contribution in [3.8, 4) is 51.7 Å². The molecule has 7 aliphatic rings. The zero-order valence-corrected chi connectivity index (χ0v) is 56.6. The van der Waals surface area contributed by atoms with Gasteiger partial charge in [0.2, 0.25) is 0 Å². The summed E-state index contributed by atoms with van der Waals surface area (Å²) in [6.45, 7) is 7.61. The summed E-state index contributed by atoms with van der Waals surface area (Å²) >= 11 is 0. The molecule has 0 radical (unpaired) electrons. The highest BCUT2D eigenvalue weighted by atomic mass is 16.6. The number of rotatable bonds is 24. The Morgan fingerprint density at radius 2 is 1.61 bits per heavy atom. The normalized spacial score (nSPS) is 25.9. The van der Waals surface area contributed by atoms with Gasteiger partial charge >= 0.3 is 0 Å². The monoisotopic (exact) mass is 1310 g/mol. The summed E-state index contributed by atoms with van der Waals surface area (Å²) in [5, 5.41) is 75.1. The maximum atomic E-state index is 12.8. The minimum absolute atomic E-state index is 0.0127. The number of nitrogens with one attached hydrogen (secondary N) is 5. The van der Waals surface area contributed by atoms with Crippen LogP contribution >= 0.6 is 0 Å². The minimum atomic E-state index is -1.39. The summed E-state index contributed by atoms with van der Waals surface area (Å²) in [5.74, 6) is 8.95. The predicted octanol–water partition coefficient (Wildman–Crippen LogP) is 12.1. The molecule has 11 unspecified atom stereocenters. The third-order valence-corrected chi connectivity index (χ3v) is 22.5. The van der Waals surface area contributed by atoms with Crippen LogP contribution in [0.2, 0.25) is 0 Å². The van der Waals surface area contributed by atoms with Gasteiger partial charge in [-0.05, 0) is 212 Å². The smallest absolute Gasteiger partial charge is 0.162 e. The van der Waals surface area contributed by atoms with Gasteiger partial charge in [-0.15, -0.1) is 0 Å². The number of aldehydes is 1. The molecule has 4 aliphatic carbocycles. The topological polar surface area (TPSA) is 219 Å². The van der Waals surface area contributed by atoms with Crippen LogP contribution in [-0.2, 0) is 48.1 Å². The van der Waals surface area contributed by atoms with Crippen LogP contribution in [-0.4, -0.2) is 119 Å². The van der Waals surface area contributed by atoms with Gasteiger partial charge < -0.3 is 64.9 Å². The largest absolute Gasteiger partial charge is 0.507 e. The number of benzene rings is 6. The van der Waals surface area contributed by atoms with E-state index in [1.54, 1.807) is 0 Å². The third kappa shape index (κ3) is 13.6. The lowest BCUT2D eigenvalue weighted by molar-refractivity contribution is -0.145. The lowest BCUT2D eigenvalue weighted by Crippen LogP contribution is -2.62. The Bertz CT molecular complexity index is 4060. The number of ether oxygens (including phenoxy) is 4. The van der Waals surface area contributed by atoms with Gasteiger partial charge in [-0.1, -0.05) is 111 Å². The lowest BCUT2D eigenvalue weighted by Gasteiger charge is -2.50. The third-order valence-electron chi connectivity index (χ3n) is 22.5. The van der Waals surface area contributed by atoms with Crippen molar-refractivity contribution >= 4 is 23.3 Å². The van der Waals surface area contributed by atoms with Crippen molar-refractivity contribution in [2.75, 3.05) is 46.2 Å². The number of fused-ring (bicyclic) bond motifs is 12. The highest BCUT2D eigenvalue weighted by Crippen LogP contribution is 2.62. The van der Waals surface area contributed by atoms with Gasteiger partial charge in [0.1, 0.15) is 47.4 Å². The van der Waals surface area contributed by atoms with Gasteiger partial charge in [-0.2, -0.15) is 0 Å². The van der Waals surface area contributed by atoms with E-state index in [9.17, 15) is 30.3 Å². The Hall–Kier alpha value is -7.49. The summed E-state index contributed by atoms with van der Waals surface area (Å²) in [4.78, 5) is 16.2. The zero-order chi connectivity index (χ0) is 66.8. The number of H-pyrrole nitrogens is 1. The van der Waals surface area contributed by atoms with Crippen LogP contribution in [0, 0.1) is 29.1 Å². The van der Waals surface area contributed by atoms with Crippen LogP contribution in [0.25, 0.3) is 28.1 Å². The van der Waals surface area contributed by atoms with Crippen molar-refractivity contribution < 1.29 is 49.3 Å². The fraction of sp³-hybridized carbons (Fsp3) is 0.476. The highest BCUT2D eigenvalue weighted by molar-refractivity contribution is 5.90. The summed E-state index contributed by atoms with van der Waals surface area (Å²) < 4.78 is 30.0. The summed E-state index contributed by atoms with van der Waals surface area (Å²) in [6, 6.07) is 36.8. The van der Waals surface area contributed by atoms with Gasteiger partial charge in [0.05, 0.1) is 25.5 Å². The number of aliphatic hydroxyl groups is 3. The number of aromatic hydroxyl groups is 2. The van der Waals surface area contributed by atoms with Crippen LogP contribution < -0.4 is 35.5 Å². The second-order valence-electron chi connectivity index (χ2n) is 29.7. The number of hydrogen-bond donors (Lipinski definition) is 10. The molecule has 15 heteroatoms. The molecule has 0 amide bonds. The molecule has 14 rings (SSSR count). The molecule has 2 saturated carbocycles. The molecule has 510 valence electrons. The number of carbonyl (C=O) groups excluding carboxylic acids is 1. The van der Waals surface area contributed by atoms with E-state index in [0.29, 0.717) is 74.2 Å². The maximum absolute atomic E-state index is 12.8. The average molecular weight is 1310 g/mol. The molecule has 11 atom stereocenters. The average Bonchev–Trinajstić information content (AvgIpc) is 1.11. The van der Waals surface area contributed by atoms with Crippen molar-refractivity contribution in [1.82, 2.24) is 26.3 Å². The number of aryl methyl sites for hydroxylation is 3. The van der Waals surface area contributed by atoms with E-state index < -0.39 is 35.6 Å². The number of carbonyl (C=O) groups is 1. The van der Waals surface area contributed by atoms with Crippen molar-refractivity contribution in [2.45, 2.75) is 183 Å². The van der Waals surface area contributed by atoms with Crippen LogP contribution in [0.5, 0.6) is 28.7 Å². The van der Waals surface area contributed by atoms with E-state index in [-0.39, 0.29) is 91.8 Å². The minimum Gasteiger partial charge on any atom is -0.507 e. The molecule has 3 aliphatic heterocycles. The number of phenols is 2. The molecular formula is C82H97N5O10. The van der Waals surface area contributed by atoms with E-state index in [2.05, 4.69) is 131 Å². The quantitative estimate of drug-likeness (QED) is 0.0118. The van der Waals surface area contributed by atoms with Gasteiger partial charge in [-0.25, -0.2) is 0 Å². The van der Waals surface area contributed by atoms with E-state index >= 15 is 0 Å².